The molecule has 0 fully saturated rings. The Hall–Kier alpha value is -2.10. The summed E-state index contributed by atoms with van der Waals surface area (Å²) in [6.45, 7) is 6.20. The van der Waals surface area contributed by atoms with Crippen LogP contribution in [0, 0.1) is 6.92 Å². The zero-order chi connectivity index (χ0) is 14.0. The van der Waals surface area contributed by atoms with E-state index in [1.807, 2.05) is 18.0 Å². The number of hydrogen-bond donors (Lipinski definition) is 1. The van der Waals surface area contributed by atoms with Gasteiger partial charge in [0.2, 0.25) is 0 Å². The highest BCUT2D eigenvalue weighted by atomic mass is 15.2. The van der Waals surface area contributed by atoms with E-state index >= 15 is 0 Å². The molecule has 2 aromatic rings. The van der Waals surface area contributed by atoms with Crippen LogP contribution in [0.2, 0.25) is 0 Å². The zero-order valence-electron chi connectivity index (χ0n) is 11.9. The first-order chi connectivity index (χ1) is 8.97. The van der Waals surface area contributed by atoms with Crippen molar-refractivity contribution in [1.29, 1.82) is 0 Å². The minimum absolute atomic E-state index is 0.258. The van der Waals surface area contributed by atoms with Crippen LogP contribution in [0.4, 0.5) is 17.3 Å². The van der Waals surface area contributed by atoms with Crippen molar-refractivity contribution in [2.24, 2.45) is 0 Å². The number of nitrogen functional groups attached to an aromatic ring is 1. The van der Waals surface area contributed by atoms with Gasteiger partial charge in [-0.25, -0.2) is 9.97 Å². The van der Waals surface area contributed by atoms with E-state index in [1.165, 1.54) is 5.56 Å². The summed E-state index contributed by atoms with van der Waals surface area (Å²) < 4.78 is 0. The molecule has 0 aliphatic heterocycles. The number of hydrogen-bond acceptors (Lipinski definition) is 4. The summed E-state index contributed by atoms with van der Waals surface area (Å²) in [6, 6.07) is 10.1. The molecule has 0 bridgehead atoms. The molecule has 4 nitrogen and oxygen atoms in total. The maximum absolute atomic E-state index is 5.87. The van der Waals surface area contributed by atoms with Gasteiger partial charge < -0.3 is 10.6 Å². The predicted molar refractivity (Wildman–Crippen MR) is 79.8 cm³/mol. The van der Waals surface area contributed by atoms with Gasteiger partial charge >= 0.3 is 0 Å². The minimum atomic E-state index is 0.258. The Morgan fingerprint density at radius 3 is 2.53 bits per heavy atom. The molecular formula is C15H20N4. The first kappa shape index (κ1) is 13.3. The second kappa shape index (κ2) is 5.26. The predicted octanol–water partition coefficient (Wildman–Crippen LogP) is 3.26. The van der Waals surface area contributed by atoms with E-state index in [9.17, 15) is 0 Å². The van der Waals surface area contributed by atoms with Crippen LogP contribution in [-0.2, 0) is 0 Å². The van der Waals surface area contributed by atoms with E-state index in [0.717, 1.165) is 17.3 Å². The lowest BCUT2D eigenvalue weighted by Crippen LogP contribution is -2.14. The average Bonchev–Trinajstić information content (AvgIpc) is 2.37. The number of nitrogens with two attached hydrogens (primary N) is 1. The van der Waals surface area contributed by atoms with Gasteiger partial charge in [-0.1, -0.05) is 26.0 Å². The molecule has 1 heterocycles. The standard InChI is InChI=1S/C15H20N4/c1-10(2)15-17-13(16)9-14(18-15)19(4)12-7-5-6-11(3)8-12/h5-10H,1-4H3,(H2,16,17,18). The number of benzene rings is 1. The molecule has 0 spiro atoms. The SMILES string of the molecule is Cc1cccc(N(C)c2cc(N)nc(C(C)C)n2)c1. The first-order valence-electron chi connectivity index (χ1n) is 6.42. The Morgan fingerprint density at radius 1 is 1.16 bits per heavy atom. The van der Waals surface area contributed by atoms with Crippen molar-refractivity contribution in [2.75, 3.05) is 17.7 Å². The third-order valence-corrected chi connectivity index (χ3v) is 3.00. The fraction of sp³-hybridized carbons (Fsp3) is 0.333. The molecular weight excluding hydrogens is 236 g/mol. The lowest BCUT2D eigenvalue weighted by molar-refractivity contribution is 0.775. The van der Waals surface area contributed by atoms with Gasteiger partial charge in [-0.2, -0.15) is 0 Å². The Bertz CT molecular complexity index is 578. The number of aryl methyl sites for hydroxylation is 1. The molecule has 0 amide bonds. The summed E-state index contributed by atoms with van der Waals surface area (Å²) in [5, 5.41) is 0. The second-order valence-electron chi connectivity index (χ2n) is 5.06. The Morgan fingerprint density at radius 2 is 1.89 bits per heavy atom. The lowest BCUT2D eigenvalue weighted by Gasteiger charge is -2.20. The van der Waals surface area contributed by atoms with Gasteiger partial charge in [0.05, 0.1) is 0 Å². The van der Waals surface area contributed by atoms with Gasteiger partial charge in [0, 0.05) is 24.7 Å². The molecule has 0 unspecified atom stereocenters. The van der Waals surface area contributed by atoms with Crippen LogP contribution in [0.3, 0.4) is 0 Å². The van der Waals surface area contributed by atoms with Crippen molar-refractivity contribution >= 4 is 17.3 Å². The molecule has 100 valence electrons. The second-order valence-corrected chi connectivity index (χ2v) is 5.06. The largest absolute Gasteiger partial charge is 0.384 e. The minimum Gasteiger partial charge on any atom is -0.384 e. The number of aromatic nitrogens is 2. The van der Waals surface area contributed by atoms with E-state index in [4.69, 9.17) is 5.73 Å². The fourth-order valence-electron chi connectivity index (χ4n) is 1.87. The van der Waals surface area contributed by atoms with E-state index in [2.05, 4.69) is 48.9 Å². The van der Waals surface area contributed by atoms with Crippen LogP contribution in [0.1, 0.15) is 31.2 Å². The molecule has 0 atom stereocenters. The fourth-order valence-corrected chi connectivity index (χ4v) is 1.87. The molecule has 1 aromatic carbocycles. The number of anilines is 3. The summed E-state index contributed by atoms with van der Waals surface area (Å²) in [5.41, 5.74) is 8.17. The maximum Gasteiger partial charge on any atom is 0.138 e. The van der Waals surface area contributed by atoms with Gasteiger partial charge in [-0.3, -0.25) is 0 Å². The number of rotatable bonds is 3. The summed E-state index contributed by atoms with van der Waals surface area (Å²) in [5.74, 6) is 2.36. The van der Waals surface area contributed by atoms with Crippen molar-refractivity contribution < 1.29 is 0 Å². The van der Waals surface area contributed by atoms with E-state index in [1.54, 1.807) is 6.07 Å². The molecule has 0 saturated heterocycles. The highest BCUT2D eigenvalue weighted by Crippen LogP contribution is 2.25. The van der Waals surface area contributed by atoms with Gasteiger partial charge in [0.25, 0.3) is 0 Å². The number of nitrogens with zero attached hydrogens (tertiary/aromatic N) is 3. The van der Waals surface area contributed by atoms with Crippen LogP contribution in [0.25, 0.3) is 0 Å². The van der Waals surface area contributed by atoms with E-state index in [-0.39, 0.29) is 5.92 Å². The van der Waals surface area contributed by atoms with Crippen LogP contribution >= 0.6 is 0 Å². The molecule has 0 aliphatic rings. The van der Waals surface area contributed by atoms with Crippen molar-refractivity contribution in [3.63, 3.8) is 0 Å². The lowest BCUT2D eigenvalue weighted by atomic mass is 10.2. The third-order valence-electron chi connectivity index (χ3n) is 3.00. The van der Waals surface area contributed by atoms with Crippen molar-refractivity contribution in [1.82, 2.24) is 9.97 Å². The molecule has 1 aromatic heterocycles. The summed E-state index contributed by atoms with van der Waals surface area (Å²) in [4.78, 5) is 10.9. The van der Waals surface area contributed by atoms with Gasteiger partial charge in [-0.15, -0.1) is 0 Å². The van der Waals surface area contributed by atoms with Gasteiger partial charge in [0.1, 0.15) is 17.5 Å². The molecule has 19 heavy (non-hydrogen) atoms. The normalized spacial score (nSPS) is 10.8. The zero-order valence-corrected chi connectivity index (χ0v) is 11.9. The van der Waals surface area contributed by atoms with Gasteiger partial charge in [-0.05, 0) is 24.6 Å². The highest BCUT2D eigenvalue weighted by Gasteiger charge is 2.11. The summed E-state index contributed by atoms with van der Waals surface area (Å²) in [7, 11) is 1.99. The van der Waals surface area contributed by atoms with Crippen molar-refractivity contribution in [2.45, 2.75) is 26.7 Å². The van der Waals surface area contributed by atoms with Crippen LogP contribution < -0.4 is 10.6 Å². The average molecular weight is 256 g/mol. The van der Waals surface area contributed by atoms with E-state index in [0.29, 0.717) is 5.82 Å². The van der Waals surface area contributed by atoms with Gasteiger partial charge in [0.15, 0.2) is 0 Å². The van der Waals surface area contributed by atoms with Crippen molar-refractivity contribution in [3.05, 3.63) is 41.7 Å². The summed E-state index contributed by atoms with van der Waals surface area (Å²) >= 11 is 0. The Labute approximate surface area is 114 Å². The Kier molecular flexibility index (Phi) is 3.69. The third kappa shape index (κ3) is 3.02. The van der Waals surface area contributed by atoms with Crippen LogP contribution in [-0.4, -0.2) is 17.0 Å². The molecule has 0 radical (unpaired) electrons. The quantitative estimate of drug-likeness (QED) is 0.915. The molecule has 0 aliphatic carbocycles. The molecule has 2 rings (SSSR count). The van der Waals surface area contributed by atoms with Crippen LogP contribution in [0.15, 0.2) is 30.3 Å². The molecule has 4 heteroatoms. The highest BCUT2D eigenvalue weighted by molar-refractivity contribution is 5.61. The van der Waals surface area contributed by atoms with Crippen LogP contribution in [0.5, 0.6) is 0 Å². The topological polar surface area (TPSA) is 55.0 Å². The molecule has 2 N–H and O–H groups in total. The van der Waals surface area contributed by atoms with E-state index < -0.39 is 0 Å². The first-order valence-corrected chi connectivity index (χ1v) is 6.42. The molecule has 0 saturated carbocycles. The summed E-state index contributed by atoms with van der Waals surface area (Å²) in [6.07, 6.45) is 0. The maximum atomic E-state index is 5.87. The van der Waals surface area contributed by atoms with Crippen molar-refractivity contribution in [3.8, 4) is 0 Å². The smallest absolute Gasteiger partial charge is 0.138 e. The Balaban J connectivity index is 2.41. The monoisotopic (exact) mass is 256 g/mol.